The quantitative estimate of drug-likeness (QED) is 0.273. The molecule has 0 radical (unpaired) electrons. The third kappa shape index (κ3) is 3.37. The zero-order valence-corrected chi connectivity index (χ0v) is 15.6. The van der Waals surface area contributed by atoms with Crippen LogP contribution in [0.4, 0.5) is 16.2 Å². The predicted molar refractivity (Wildman–Crippen MR) is 108 cm³/mol. The number of amides is 1. The van der Waals surface area contributed by atoms with Crippen LogP contribution in [0.3, 0.4) is 0 Å². The maximum absolute atomic E-state index is 12.8. The number of hydrogen-bond acceptors (Lipinski definition) is 4. The number of carbonyl (C=O) groups excluding carboxylic acids is 1. The molecule has 0 saturated carbocycles. The van der Waals surface area contributed by atoms with Gasteiger partial charge in [-0.05, 0) is 36.4 Å². The topological polar surface area (TPSA) is 67.9 Å². The number of oxime groups is 1. The van der Waals surface area contributed by atoms with Crippen molar-refractivity contribution in [3.05, 3.63) is 83.4 Å². The van der Waals surface area contributed by atoms with Gasteiger partial charge in [0.1, 0.15) is 0 Å². The Hall–Kier alpha value is -2.96. The molecule has 0 unspecified atom stereocenters. The summed E-state index contributed by atoms with van der Waals surface area (Å²) in [5, 5.41) is 4.22. The molecule has 27 heavy (non-hydrogen) atoms. The number of hydrogen-bond donors (Lipinski definition) is 1. The molecule has 0 aromatic heterocycles. The molecular formula is C20H14ClN3O2S. The van der Waals surface area contributed by atoms with Crippen LogP contribution in [0.1, 0.15) is 5.56 Å². The first-order valence-electron chi connectivity index (χ1n) is 8.10. The van der Waals surface area contributed by atoms with Gasteiger partial charge in [0, 0.05) is 15.4 Å². The Bertz CT molecular complexity index is 1010. The Morgan fingerprint density at radius 3 is 2.11 bits per heavy atom. The maximum Gasteiger partial charge on any atom is 0.445 e. The predicted octanol–water partition coefficient (Wildman–Crippen LogP) is 5.40. The maximum atomic E-state index is 12.8. The van der Waals surface area contributed by atoms with E-state index in [1.807, 2.05) is 48.5 Å². The van der Waals surface area contributed by atoms with E-state index in [0.717, 1.165) is 21.2 Å². The molecule has 0 atom stereocenters. The van der Waals surface area contributed by atoms with Crippen LogP contribution in [0, 0.1) is 0 Å². The third-order valence-electron chi connectivity index (χ3n) is 3.99. The number of nitrogens with two attached hydrogens (primary N) is 1. The highest BCUT2D eigenvalue weighted by Crippen LogP contribution is 2.48. The van der Waals surface area contributed by atoms with Crippen molar-refractivity contribution in [1.29, 1.82) is 0 Å². The smallest absolute Gasteiger partial charge is 0.380 e. The van der Waals surface area contributed by atoms with Crippen LogP contribution in [0.5, 0.6) is 0 Å². The molecule has 0 saturated heterocycles. The van der Waals surface area contributed by atoms with E-state index < -0.39 is 6.09 Å². The van der Waals surface area contributed by atoms with Gasteiger partial charge in [-0.3, -0.25) is 4.84 Å². The fourth-order valence-electron chi connectivity index (χ4n) is 2.75. The van der Waals surface area contributed by atoms with Crippen molar-refractivity contribution in [3.8, 4) is 0 Å². The van der Waals surface area contributed by atoms with Crippen molar-refractivity contribution in [3.63, 3.8) is 0 Å². The van der Waals surface area contributed by atoms with E-state index >= 15 is 0 Å². The van der Waals surface area contributed by atoms with Crippen LogP contribution in [0.25, 0.3) is 0 Å². The van der Waals surface area contributed by atoms with Gasteiger partial charge in [-0.1, -0.05) is 64.9 Å². The summed E-state index contributed by atoms with van der Waals surface area (Å²) in [5.74, 6) is 0.0295. The van der Waals surface area contributed by atoms with E-state index in [4.69, 9.17) is 22.2 Å². The van der Waals surface area contributed by atoms with E-state index in [9.17, 15) is 4.79 Å². The standard InChI is InChI=1S/C20H14ClN3O2S/c21-14-8-2-1-7-13(14)19(22)23-26-20(25)24-15-9-3-5-11-17(15)27-18-12-6-4-10-16(18)24/h1-12H,(H2,22,23). The summed E-state index contributed by atoms with van der Waals surface area (Å²) >= 11 is 7.70. The highest BCUT2D eigenvalue weighted by Gasteiger charge is 2.29. The molecule has 0 aliphatic carbocycles. The molecule has 134 valence electrons. The van der Waals surface area contributed by atoms with Gasteiger partial charge in [0.2, 0.25) is 0 Å². The lowest BCUT2D eigenvalue weighted by Crippen LogP contribution is -2.28. The van der Waals surface area contributed by atoms with Crippen molar-refractivity contribution in [2.24, 2.45) is 10.9 Å². The van der Waals surface area contributed by atoms with Crippen molar-refractivity contribution in [1.82, 2.24) is 0 Å². The van der Waals surface area contributed by atoms with Gasteiger partial charge in [-0.15, -0.1) is 0 Å². The van der Waals surface area contributed by atoms with Crippen molar-refractivity contribution in [2.45, 2.75) is 9.79 Å². The second-order valence-corrected chi connectivity index (χ2v) is 7.18. The van der Waals surface area contributed by atoms with Gasteiger partial charge in [0.25, 0.3) is 0 Å². The van der Waals surface area contributed by atoms with Gasteiger partial charge in [-0.25, -0.2) is 9.69 Å². The SMILES string of the molecule is N/C(=N/OC(=O)N1c2ccccc2Sc2ccccc21)c1ccccc1Cl. The van der Waals surface area contributed by atoms with E-state index in [1.54, 1.807) is 36.0 Å². The van der Waals surface area contributed by atoms with Crippen LogP contribution in [-0.4, -0.2) is 11.9 Å². The van der Waals surface area contributed by atoms with Gasteiger partial charge in [0.05, 0.1) is 16.4 Å². The lowest BCUT2D eigenvalue weighted by molar-refractivity contribution is 0.161. The van der Waals surface area contributed by atoms with Crippen LogP contribution >= 0.6 is 23.4 Å². The Balaban J connectivity index is 1.66. The zero-order valence-electron chi connectivity index (χ0n) is 14.0. The number of amidine groups is 1. The number of fused-ring (bicyclic) bond motifs is 2. The number of benzene rings is 3. The Kier molecular flexibility index (Phi) is 4.75. The first-order chi connectivity index (χ1) is 13.1. The van der Waals surface area contributed by atoms with E-state index in [2.05, 4.69) is 5.16 Å². The molecule has 0 bridgehead atoms. The van der Waals surface area contributed by atoms with Crippen LogP contribution in [0.2, 0.25) is 5.02 Å². The van der Waals surface area contributed by atoms with Crippen molar-refractivity contribution in [2.75, 3.05) is 4.90 Å². The molecule has 0 spiro atoms. The van der Waals surface area contributed by atoms with Crippen LogP contribution in [0.15, 0.2) is 87.7 Å². The summed E-state index contributed by atoms with van der Waals surface area (Å²) in [6.45, 7) is 0. The van der Waals surface area contributed by atoms with E-state index in [1.165, 1.54) is 4.90 Å². The minimum absolute atomic E-state index is 0.0295. The highest BCUT2D eigenvalue weighted by atomic mass is 35.5. The molecule has 1 amide bonds. The van der Waals surface area contributed by atoms with Crippen LogP contribution in [-0.2, 0) is 4.84 Å². The molecule has 3 aromatic carbocycles. The van der Waals surface area contributed by atoms with Gasteiger partial charge < -0.3 is 5.73 Å². The fourth-order valence-corrected chi connectivity index (χ4v) is 4.04. The minimum atomic E-state index is -0.648. The molecular weight excluding hydrogens is 382 g/mol. The molecule has 1 aliphatic heterocycles. The number of carbonyl (C=O) groups is 1. The molecule has 7 heteroatoms. The number of rotatable bonds is 2. The summed E-state index contributed by atoms with van der Waals surface area (Å²) in [6, 6.07) is 22.2. The lowest BCUT2D eigenvalue weighted by atomic mass is 10.2. The minimum Gasteiger partial charge on any atom is -0.380 e. The Morgan fingerprint density at radius 1 is 0.926 bits per heavy atom. The fraction of sp³-hybridized carbons (Fsp3) is 0. The Labute approximate surface area is 165 Å². The monoisotopic (exact) mass is 395 g/mol. The molecule has 0 fully saturated rings. The normalized spacial score (nSPS) is 12.9. The molecule has 3 aromatic rings. The zero-order chi connectivity index (χ0) is 18.8. The molecule has 2 N–H and O–H groups in total. The summed E-state index contributed by atoms with van der Waals surface area (Å²) < 4.78 is 0. The van der Waals surface area contributed by atoms with E-state index in [-0.39, 0.29) is 5.84 Å². The van der Waals surface area contributed by atoms with Crippen molar-refractivity contribution < 1.29 is 9.63 Å². The largest absolute Gasteiger partial charge is 0.445 e. The Morgan fingerprint density at radius 2 is 1.48 bits per heavy atom. The second kappa shape index (κ2) is 7.34. The number of anilines is 2. The van der Waals surface area contributed by atoms with Gasteiger partial charge in [-0.2, -0.15) is 0 Å². The number of para-hydroxylation sites is 2. The van der Waals surface area contributed by atoms with Crippen LogP contribution < -0.4 is 10.6 Å². The lowest BCUT2D eigenvalue weighted by Gasteiger charge is -2.29. The number of halogens is 1. The summed E-state index contributed by atoms with van der Waals surface area (Å²) in [4.78, 5) is 21.4. The average molecular weight is 396 g/mol. The second-order valence-electron chi connectivity index (χ2n) is 5.69. The molecule has 4 rings (SSSR count). The summed E-state index contributed by atoms with van der Waals surface area (Å²) in [6.07, 6.45) is -0.648. The first-order valence-corrected chi connectivity index (χ1v) is 9.30. The number of nitrogens with zero attached hydrogens (tertiary/aromatic N) is 2. The molecule has 1 heterocycles. The molecule has 1 aliphatic rings. The highest BCUT2D eigenvalue weighted by molar-refractivity contribution is 7.99. The van der Waals surface area contributed by atoms with E-state index in [0.29, 0.717) is 10.6 Å². The van der Waals surface area contributed by atoms with Gasteiger partial charge >= 0.3 is 6.09 Å². The summed E-state index contributed by atoms with van der Waals surface area (Å²) in [5.41, 5.74) is 7.90. The summed E-state index contributed by atoms with van der Waals surface area (Å²) in [7, 11) is 0. The van der Waals surface area contributed by atoms with Crippen molar-refractivity contribution >= 4 is 46.7 Å². The first kappa shape index (κ1) is 17.5. The molecule has 5 nitrogen and oxygen atoms in total. The average Bonchev–Trinajstić information content (AvgIpc) is 2.70. The van der Waals surface area contributed by atoms with Gasteiger partial charge in [0.15, 0.2) is 5.84 Å². The third-order valence-corrected chi connectivity index (χ3v) is 5.45.